The van der Waals surface area contributed by atoms with E-state index in [4.69, 9.17) is 14.6 Å². The lowest BCUT2D eigenvalue weighted by atomic mass is 10.1. The Labute approximate surface area is 175 Å². The second-order valence-corrected chi connectivity index (χ2v) is 6.36. The summed E-state index contributed by atoms with van der Waals surface area (Å²) in [5, 5.41) is 9.01. The molecule has 0 aromatic heterocycles. The normalized spacial score (nSPS) is 11.5. The number of aromatic carboxylic acids is 1. The minimum Gasteiger partial charge on any atom is -0.489 e. The fourth-order valence-electron chi connectivity index (χ4n) is 2.58. The number of alkyl halides is 3. The predicted molar refractivity (Wildman–Crippen MR) is 106 cm³/mol. The van der Waals surface area contributed by atoms with Crippen LogP contribution in [0.15, 0.2) is 72.8 Å². The molecule has 0 amide bonds. The Balaban J connectivity index is 1.60. The number of carboxylic acids is 1. The van der Waals surface area contributed by atoms with Crippen molar-refractivity contribution in [2.75, 3.05) is 6.61 Å². The quantitative estimate of drug-likeness (QED) is 0.438. The second kappa shape index (κ2) is 9.34. The van der Waals surface area contributed by atoms with Crippen LogP contribution in [0.3, 0.4) is 0 Å². The first-order valence-corrected chi connectivity index (χ1v) is 9.00. The van der Waals surface area contributed by atoms with Gasteiger partial charge >= 0.3 is 12.1 Å². The molecule has 0 saturated carbocycles. The maximum Gasteiger partial charge on any atom is 0.416 e. The number of ether oxygens (including phenoxy) is 2. The van der Waals surface area contributed by atoms with Crippen molar-refractivity contribution >= 4 is 12.0 Å². The van der Waals surface area contributed by atoms with Crippen molar-refractivity contribution in [2.45, 2.75) is 6.18 Å². The van der Waals surface area contributed by atoms with Crippen LogP contribution in [0.25, 0.3) is 6.08 Å². The number of carbonyl (C=O) groups is 1. The highest BCUT2D eigenvalue weighted by atomic mass is 19.4. The Morgan fingerprint density at radius 1 is 0.968 bits per heavy atom. The van der Waals surface area contributed by atoms with Gasteiger partial charge in [-0.15, -0.1) is 0 Å². The molecule has 0 aliphatic carbocycles. The zero-order chi connectivity index (χ0) is 22.4. The van der Waals surface area contributed by atoms with E-state index in [-0.39, 0.29) is 23.7 Å². The highest BCUT2D eigenvalue weighted by Crippen LogP contribution is 2.30. The summed E-state index contributed by atoms with van der Waals surface area (Å²) in [6.45, 7) is 0.132. The standard InChI is InChI=1S/C23H16F4O4/c24-20-11-8-16(22(28)29)13-21(20)31-19-5-1-4-18(14-19)30-12-2-3-15-6-9-17(10-7-15)23(25,26)27/h1-11,13-14H,12H2,(H,28,29)/b3-2+. The second-order valence-electron chi connectivity index (χ2n) is 6.36. The van der Waals surface area contributed by atoms with Gasteiger partial charge < -0.3 is 14.6 Å². The molecule has 0 radical (unpaired) electrons. The fourth-order valence-corrected chi connectivity index (χ4v) is 2.58. The third-order valence-electron chi connectivity index (χ3n) is 4.11. The summed E-state index contributed by atoms with van der Waals surface area (Å²) in [4.78, 5) is 11.0. The fraction of sp³-hybridized carbons (Fsp3) is 0.0870. The highest BCUT2D eigenvalue weighted by molar-refractivity contribution is 5.88. The Hall–Kier alpha value is -3.81. The van der Waals surface area contributed by atoms with Crippen LogP contribution in [0.5, 0.6) is 17.2 Å². The number of benzene rings is 3. The van der Waals surface area contributed by atoms with Gasteiger partial charge in [-0.2, -0.15) is 13.2 Å². The molecule has 0 aliphatic heterocycles. The van der Waals surface area contributed by atoms with Gasteiger partial charge in [-0.25, -0.2) is 9.18 Å². The van der Waals surface area contributed by atoms with Gasteiger partial charge in [-0.1, -0.05) is 24.3 Å². The van der Waals surface area contributed by atoms with Crippen molar-refractivity contribution in [2.24, 2.45) is 0 Å². The van der Waals surface area contributed by atoms with Crippen molar-refractivity contribution in [1.82, 2.24) is 0 Å². The van der Waals surface area contributed by atoms with Crippen molar-refractivity contribution in [3.63, 3.8) is 0 Å². The first kappa shape index (κ1) is 21.9. The van der Waals surface area contributed by atoms with Crippen LogP contribution in [-0.2, 0) is 6.18 Å². The molecule has 0 bridgehead atoms. The average molecular weight is 432 g/mol. The summed E-state index contributed by atoms with van der Waals surface area (Å²) in [6.07, 6.45) is -1.13. The minimum absolute atomic E-state index is 0.114. The van der Waals surface area contributed by atoms with E-state index in [0.717, 1.165) is 30.3 Å². The highest BCUT2D eigenvalue weighted by Gasteiger charge is 2.29. The number of halogens is 4. The summed E-state index contributed by atoms with van der Waals surface area (Å²) < 4.78 is 62.6. The molecular weight excluding hydrogens is 416 g/mol. The number of carboxylic acid groups (broad SMARTS) is 1. The monoisotopic (exact) mass is 432 g/mol. The summed E-state index contributed by atoms with van der Waals surface area (Å²) in [5.41, 5.74) is -0.247. The Morgan fingerprint density at radius 3 is 2.35 bits per heavy atom. The molecule has 0 fully saturated rings. The number of rotatable bonds is 7. The molecule has 3 aromatic carbocycles. The van der Waals surface area contributed by atoms with E-state index in [9.17, 15) is 22.4 Å². The van der Waals surface area contributed by atoms with Crippen LogP contribution in [0.1, 0.15) is 21.5 Å². The van der Waals surface area contributed by atoms with Gasteiger partial charge in [-0.3, -0.25) is 0 Å². The maximum atomic E-state index is 13.9. The molecule has 3 rings (SSSR count). The van der Waals surface area contributed by atoms with Crippen molar-refractivity contribution < 1.29 is 36.9 Å². The van der Waals surface area contributed by atoms with E-state index in [1.165, 1.54) is 18.2 Å². The van der Waals surface area contributed by atoms with Crippen molar-refractivity contribution in [3.05, 3.63) is 95.3 Å². The Morgan fingerprint density at radius 2 is 1.68 bits per heavy atom. The minimum atomic E-state index is -4.38. The van der Waals surface area contributed by atoms with Crippen LogP contribution in [0.2, 0.25) is 0 Å². The topological polar surface area (TPSA) is 55.8 Å². The van der Waals surface area contributed by atoms with Crippen LogP contribution < -0.4 is 9.47 Å². The van der Waals surface area contributed by atoms with Gasteiger partial charge in [0.1, 0.15) is 18.1 Å². The zero-order valence-corrected chi connectivity index (χ0v) is 15.9. The zero-order valence-electron chi connectivity index (χ0n) is 15.9. The predicted octanol–water partition coefficient (Wildman–Crippen LogP) is 6.43. The maximum absolute atomic E-state index is 13.9. The molecule has 0 aliphatic rings. The lowest BCUT2D eigenvalue weighted by molar-refractivity contribution is -0.137. The molecule has 0 heterocycles. The molecule has 0 saturated heterocycles. The van der Waals surface area contributed by atoms with Crippen LogP contribution in [0, 0.1) is 5.82 Å². The van der Waals surface area contributed by atoms with E-state index in [1.807, 2.05) is 0 Å². The third-order valence-corrected chi connectivity index (χ3v) is 4.11. The van der Waals surface area contributed by atoms with E-state index in [1.54, 1.807) is 30.4 Å². The molecule has 0 atom stereocenters. The summed E-state index contributed by atoms with van der Waals surface area (Å²) >= 11 is 0. The van der Waals surface area contributed by atoms with Gasteiger partial charge in [-0.05, 0) is 54.1 Å². The summed E-state index contributed by atoms with van der Waals surface area (Å²) in [7, 11) is 0. The lowest BCUT2D eigenvalue weighted by Gasteiger charge is -2.09. The summed E-state index contributed by atoms with van der Waals surface area (Å²) in [5.74, 6) is -1.51. The SMILES string of the molecule is O=C(O)c1ccc(F)c(Oc2cccc(OC/C=C/c3ccc(C(F)(F)F)cc3)c2)c1. The smallest absolute Gasteiger partial charge is 0.416 e. The average Bonchev–Trinajstić information content (AvgIpc) is 2.73. The third kappa shape index (κ3) is 6.08. The lowest BCUT2D eigenvalue weighted by Crippen LogP contribution is -2.03. The van der Waals surface area contributed by atoms with Gasteiger partial charge in [0.15, 0.2) is 11.6 Å². The number of hydrogen-bond donors (Lipinski definition) is 1. The van der Waals surface area contributed by atoms with Crippen molar-refractivity contribution in [3.8, 4) is 17.2 Å². The molecular formula is C23H16F4O4. The summed E-state index contributed by atoms with van der Waals surface area (Å²) in [6, 6.07) is 14.2. The largest absolute Gasteiger partial charge is 0.489 e. The van der Waals surface area contributed by atoms with Crippen LogP contribution in [-0.4, -0.2) is 17.7 Å². The van der Waals surface area contributed by atoms with E-state index in [0.29, 0.717) is 11.3 Å². The van der Waals surface area contributed by atoms with Gasteiger partial charge in [0, 0.05) is 6.07 Å². The molecule has 3 aromatic rings. The van der Waals surface area contributed by atoms with E-state index in [2.05, 4.69) is 0 Å². The van der Waals surface area contributed by atoms with Gasteiger partial charge in [0.2, 0.25) is 0 Å². The van der Waals surface area contributed by atoms with E-state index < -0.39 is 23.5 Å². The van der Waals surface area contributed by atoms with Gasteiger partial charge in [0.05, 0.1) is 11.1 Å². The Kier molecular flexibility index (Phi) is 6.59. The molecule has 0 spiro atoms. The first-order valence-electron chi connectivity index (χ1n) is 9.00. The van der Waals surface area contributed by atoms with Crippen LogP contribution in [0.4, 0.5) is 17.6 Å². The van der Waals surface area contributed by atoms with Gasteiger partial charge in [0.25, 0.3) is 0 Å². The molecule has 1 N–H and O–H groups in total. The molecule has 31 heavy (non-hydrogen) atoms. The molecule has 4 nitrogen and oxygen atoms in total. The van der Waals surface area contributed by atoms with E-state index >= 15 is 0 Å². The van der Waals surface area contributed by atoms with Crippen LogP contribution >= 0.6 is 0 Å². The first-order chi connectivity index (χ1) is 14.7. The number of hydrogen-bond acceptors (Lipinski definition) is 3. The molecule has 8 heteroatoms. The van der Waals surface area contributed by atoms with Crippen molar-refractivity contribution in [1.29, 1.82) is 0 Å². The molecule has 160 valence electrons. The Bertz CT molecular complexity index is 1090. The molecule has 0 unspecified atom stereocenters.